The minimum absolute atomic E-state index is 0.166. The molecule has 106 valence electrons. The van der Waals surface area contributed by atoms with E-state index in [9.17, 15) is 22.4 Å². The number of nitrogens with one attached hydrogen (secondary N) is 1. The predicted octanol–water partition coefficient (Wildman–Crippen LogP) is 2.79. The Balaban J connectivity index is 2.38. The lowest BCUT2D eigenvalue weighted by molar-refractivity contribution is -0.173. The van der Waals surface area contributed by atoms with Crippen LogP contribution in [-0.2, 0) is 4.74 Å². The lowest BCUT2D eigenvalue weighted by atomic mass is 10.2. The molecule has 0 atom stereocenters. The van der Waals surface area contributed by atoms with Crippen LogP contribution in [0.2, 0.25) is 5.02 Å². The average Bonchev–Trinajstić information content (AvgIpc) is 2.30. The van der Waals surface area contributed by atoms with Gasteiger partial charge in [0.15, 0.2) is 0 Å². The van der Waals surface area contributed by atoms with E-state index in [4.69, 9.17) is 11.6 Å². The summed E-state index contributed by atoms with van der Waals surface area (Å²) >= 11 is 5.60. The smallest absolute Gasteiger partial charge is 0.370 e. The second-order valence-corrected chi connectivity index (χ2v) is 3.98. The molecule has 0 heterocycles. The fourth-order valence-electron chi connectivity index (χ4n) is 1.19. The molecule has 3 nitrogen and oxygen atoms in total. The Bertz CT molecular complexity index is 451. The largest absolute Gasteiger partial charge is 0.411 e. The summed E-state index contributed by atoms with van der Waals surface area (Å²) in [6, 6.07) is 3.43. The molecule has 0 aliphatic carbocycles. The Morgan fingerprint density at radius 3 is 2.68 bits per heavy atom. The van der Waals surface area contributed by atoms with E-state index < -0.39 is 24.5 Å². The van der Waals surface area contributed by atoms with Crippen molar-refractivity contribution in [3.63, 3.8) is 0 Å². The Kier molecular flexibility index (Phi) is 5.56. The molecule has 1 rings (SSSR count). The highest BCUT2D eigenvalue weighted by atomic mass is 35.5. The lowest BCUT2D eigenvalue weighted by Gasteiger charge is -2.09. The van der Waals surface area contributed by atoms with Gasteiger partial charge < -0.3 is 10.1 Å². The number of hydrogen-bond donors (Lipinski definition) is 1. The van der Waals surface area contributed by atoms with Crippen molar-refractivity contribution in [3.8, 4) is 0 Å². The summed E-state index contributed by atoms with van der Waals surface area (Å²) in [6.07, 6.45) is -4.41. The predicted molar refractivity (Wildman–Crippen MR) is 60.6 cm³/mol. The maximum Gasteiger partial charge on any atom is 0.411 e. The Morgan fingerprint density at radius 2 is 2.05 bits per heavy atom. The van der Waals surface area contributed by atoms with Gasteiger partial charge >= 0.3 is 6.18 Å². The van der Waals surface area contributed by atoms with Gasteiger partial charge in [0.1, 0.15) is 12.4 Å². The molecule has 0 fully saturated rings. The number of ether oxygens (including phenoxy) is 1. The van der Waals surface area contributed by atoms with Gasteiger partial charge in [-0.15, -0.1) is 0 Å². The van der Waals surface area contributed by atoms with Crippen LogP contribution in [0, 0.1) is 5.82 Å². The summed E-state index contributed by atoms with van der Waals surface area (Å²) in [5.41, 5.74) is -0.275. The molecule has 1 amide bonds. The van der Waals surface area contributed by atoms with Crippen molar-refractivity contribution in [2.45, 2.75) is 6.18 Å². The topological polar surface area (TPSA) is 38.3 Å². The molecule has 0 unspecified atom stereocenters. The number of halogens is 5. The van der Waals surface area contributed by atoms with Crippen LogP contribution in [0.4, 0.5) is 17.6 Å². The number of hydrogen-bond acceptors (Lipinski definition) is 2. The standard InChI is InChI=1S/C11H10ClF4NO2/c12-7-1-2-9(13)8(5-7)10(18)17-3-4-19-6-11(14,15)16/h1-2,5H,3-4,6H2,(H,17,18). The molecule has 0 aliphatic rings. The van der Waals surface area contributed by atoms with Gasteiger partial charge in [-0.2, -0.15) is 13.2 Å². The first-order valence-electron chi connectivity index (χ1n) is 5.17. The van der Waals surface area contributed by atoms with Crippen LogP contribution >= 0.6 is 11.6 Å². The normalized spacial score (nSPS) is 11.4. The minimum Gasteiger partial charge on any atom is -0.370 e. The molecular formula is C11H10ClF4NO2. The fraction of sp³-hybridized carbons (Fsp3) is 0.364. The van der Waals surface area contributed by atoms with Crippen LogP contribution in [0.25, 0.3) is 0 Å². The van der Waals surface area contributed by atoms with E-state index in [0.717, 1.165) is 12.1 Å². The van der Waals surface area contributed by atoms with Crippen molar-refractivity contribution < 1.29 is 27.1 Å². The molecule has 1 aromatic carbocycles. The molecule has 0 radical (unpaired) electrons. The number of rotatable bonds is 5. The van der Waals surface area contributed by atoms with Crippen LogP contribution in [0.1, 0.15) is 10.4 Å². The van der Waals surface area contributed by atoms with E-state index in [2.05, 4.69) is 10.1 Å². The van der Waals surface area contributed by atoms with Crippen LogP contribution in [0.3, 0.4) is 0 Å². The molecule has 1 aromatic rings. The molecular weight excluding hydrogens is 290 g/mol. The van der Waals surface area contributed by atoms with Gasteiger partial charge in [0.2, 0.25) is 0 Å². The zero-order chi connectivity index (χ0) is 14.5. The first-order valence-corrected chi connectivity index (χ1v) is 5.55. The van der Waals surface area contributed by atoms with Gasteiger partial charge in [0.25, 0.3) is 5.91 Å². The molecule has 8 heteroatoms. The SMILES string of the molecule is O=C(NCCOCC(F)(F)F)c1cc(Cl)ccc1F. The molecule has 0 bridgehead atoms. The van der Waals surface area contributed by atoms with Crippen LogP contribution in [-0.4, -0.2) is 31.8 Å². The summed E-state index contributed by atoms with van der Waals surface area (Å²) in [7, 11) is 0. The summed E-state index contributed by atoms with van der Waals surface area (Å²) in [4.78, 5) is 11.5. The van der Waals surface area contributed by atoms with Crippen molar-refractivity contribution in [2.24, 2.45) is 0 Å². The van der Waals surface area contributed by atoms with E-state index >= 15 is 0 Å². The molecule has 0 saturated carbocycles. The highest BCUT2D eigenvalue weighted by molar-refractivity contribution is 6.30. The minimum atomic E-state index is -4.41. The van der Waals surface area contributed by atoms with E-state index in [1.54, 1.807) is 0 Å². The van der Waals surface area contributed by atoms with Crippen molar-refractivity contribution in [2.75, 3.05) is 19.8 Å². The fourth-order valence-corrected chi connectivity index (χ4v) is 1.36. The summed E-state index contributed by atoms with van der Waals surface area (Å²) in [5, 5.41) is 2.40. The second kappa shape index (κ2) is 6.72. The van der Waals surface area contributed by atoms with E-state index in [1.807, 2.05) is 0 Å². The van der Waals surface area contributed by atoms with Crippen LogP contribution in [0.5, 0.6) is 0 Å². The van der Waals surface area contributed by atoms with Crippen molar-refractivity contribution in [1.82, 2.24) is 5.32 Å². The third kappa shape index (κ3) is 5.89. The van der Waals surface area contributed by atoms with Gasteiger partial charge in [-0.3, -0.25) is 4.79 Å². The van der Waals surface area contributed by atoms with Crippen LogP contribution < -0.4 is 5.32 Å². The maximum atomic E-state index is 13.3. The van der Waals surface area contributed by atoms with Gasteiger partial charge in [-0.05, 0) is 18.2 Å². The maximum absolute atomic E-state index is 13.3. The molecule has 0 spiro atoms. The monoisotopic (exact) mass is 299 g/mol. The van der Waals surface area contributed by atoms with Crippen molar-refractivity contribution >= 4 is 17.5 Å². The third-order valence-corrected chi connectivity index (χ3v) is 2.21. The molecule has 0 aliphatic heterocycles. The second-order valence-electron chi connectivity index (χ2n) is 3.55. The Morgan fingerprint density at radius 1 is 1.37 bits per heavy atom. The third-order valence-electron chi connectivity index (χ3n) is 1.97. The number of amides is 1. The average molecular weight is 300 g/mol. The zero-order valence-electron chi connectivity index (χ0n) is 9.56. The number of carbonyl (C=O) groups is 1. The van der Waals surface area contributed by atoms with Gasteiger partial charge in [0, 0.05) is 11.6 Å². The number of benzene rings is 1. The van der Waals surface area contributed by atoms with E-state index in [-0.39, 0.29) is 23.7 Å². The number of carbonyl (C=O) groups excluding carboxylic acids is 1. The molecule has 0 saturated heterocycles. The molecule has 19 heavy (non-hydrogen) atoms. The van der Waals surface area contributed by atoms with Crippen molar-refractivity contribution in [3.05, 3.63) is 34.6 Å². The van der Waals surface area contributed by atoms with Gasteiger partial charge in [-0.1, -0.05) is 11.6 Å². The van der Waals surface area contributed by atoms with Gasteiger partial charge in [-0.25, -0.2) is 4.39 Å². The molecule has 1 N–H and O–H groups in total. The van der Waals surface area contributed by atoms with E-state index in [1.165, 1.54) is 6.07 Å². The van der Waals surface area contributed by atoms with E-state index in [0.29, 0.717) is 0 Å². The Hall–Kier alpha value is -1.34. The first kappa shape index (κ1) is 15.7. The molecule has 0 aromatic heterocycles. The summed E-state index contributed by atoms with van der Waals surface area (Å²) < 4.78 is 52.7. The summed E-state index contributed by atoms with van der Waals surface area (Å²) in [6.45, 7) is -1.89. The summed E-state index contributed by atoms with van der Waals surface area (Å²) in [5.74, 6) is -1.53. The van der Waals surface area contributed by atoms with Crippen LogP contribution in [0.15, 0.2) is 18.2 Å². The Labute approximate surface area is 111 Å². The van der Waals surface area contributed by atoms with Gasteiger partial charge in [0.05, 0.1) is 12.2 Å². The van der Waals surface area contributed by atoms with Crippen molar-refractivity contribution in [1.29, 1.82) is 0 Å². The lowest BCUT2D eigenvalue weighted by Crippen LogP contribution is -2.29. The first-order chi connectivity index (χ1) is 8.79. The highest BCUT2D eigenvalue weighted by Gasteiger charge is 2.27. The highest BCUT2D eigenvalue weighted by Crippen LogP contribution is 2.15. The zero-order valence-corrected chi connectivity index (χ0v) is 10.3. The quantitative estimate of drug-likeness (QED) is 0.671. The number of alkyl halides is 3.